The maximum absolute atomic E-state index is 12.5. The van der Waals surface area contributed by atoms with Crippen molar-refractivity contribution in [3.8, 4) is 11.5 Å². The third-order valence-electron chi connectivity index (χ3n) is 4.32. The minimum absolute atomic E-state index is 0.0553. The molecule has 1 N–H and O–H groups in total. The lowest BCUT2D eigenvalue weighted by molar-refractivity contribution is 0.0792. The lowest BCUT2D eigenvalue weighted by Crippen LogP contribution is -2.27. The van der Waals surface area contributed by atoms with Gasteiger partial charge < -0.3 is 19.7 Å². The number of benzene rings is 1. The number of carbonyl (C=O) groups excluding carboxylic acids is 1. The van der Waals surface area contributed by atoms with Gasteiger partial charge >= 0.3 is 0 Å². The topological polar surface area (TPSA) is 63.7 Å². The normalized spacial score (nSPS) is 13.6. The van der Waals surface area contributed by atoms with Gasteiger partial charge in [0.25, 0.3) is 5.91 Å². The van der Waals surface area contributed by atoms with Crippen molar-refractivity contribution in [2.75, 3.05) is 32.6 Å². The number of anilines is 1. The summed E-state index contributed by atoms with van der Waals surface area (Å²) in [4.78, 5) is 18.5. The number of nitrogens with zero attached hydrogens (tertiary/aromatic N) is 2. The van der Waals surface area contributed by atoms with Gasteiger partial charge in [0.05, 0.1) is 25.5 Å². The van der Waals surface area contributed by atoms with Crippen LogP contribution in [0, 0.1) is 0 Å². The molecule has 0 atom stereocenters. The molecule has 6 nitrogen and oxygen atoms in total. The summed E-state index contributed by atoms with van der Waals surface area (Å²) in [5.41, 5.74) is 2.49. The molecule has 3 rings (SSSR count). The number of carbonyl (C=O) groups is 1. The minimum Gasteiger partial charge on any atom is -0.493 e. The van der Waals surface area contributed by atoms with Gasteiger partial charge in [-0.1, -0.05) is 6.07 Å². The lowest BCUT2D eigenvalue weighted by atomic mass is 10.2. The summed E-state index contributed by atoms with van der Waals surface area (Å²) < 4.78 is 10.6. The molecule has 2 heterocycles. The first kappa shape index (κ1) is 17.1. The molecule has 1 aromatic carbocycles. The van der Waals surface area contributed by atoms with E-state index in [2.05, 4.69) is 10.3 Å². The summed E-state index contributed by atoms with van der Waals surface area (Å²) in [7, 11) is 3.23. The van der Waals surface area contributed by atoms with Crippen LogP contribution in [0.25, 0.3) is 0 Å². The van der Waals surface area contributed by atoms with Gasteiger partial charge in [0, 0.05) is 32.0 Å². The second kappa shape index (κ2) is 7.88. The molecule has 2 aromatic rings. The van der Waals surface area contributed by atoms with E-state index in [0.29, 0.717) is 23.6 Å². The standard InChI is InChI=1S/C19H23N3O3/c1-24-17-6-5-14(9-18(17)25-2)11-21-16-10-15(12-20-13-16)19(23)22-7-3-4-8-22/h5-6,9-10,12-13,21H,3-4,7-8,11H2,1-2H3. The van der Waals surface area contributed by atoms with Crippen LogP contribution in [-0.4, -0.2) is 43.1 Å². The Kier molecular flexibility index (Phi) is 5.38. The minimum atomic E-state index is 0.0553. The highest BCUT2D eigenvalue weighted by Gasteiger charge is 2.19. The van der Waals surface area contributed by atoms with Gasteiger partial charge in [-0.2, -0.15) is 0 Å². The first-order valence-corrected chi connectivity index (χ1v) is 8.40. The van der Waals surface area contributed by atoms with Crippen LogP contribution in [0.4, 0.5) is 5.69 Å². The monoisotopic (exact) mass is 341 g/mol. The van der Waals surface area contributed by atoms with Crippen LogP contribution in [0.2, 0.25) is 0 Å². The molecule has 0 spiro atoms. The maximum atomic E-state index is 12.5. The molecule has 0 radical (unpaired) electrons. The Labute approximate surface area is 147 Å². The number of ether oxygens (including phenoxy) is 2. The summed E-state index contributed by atoms with van der Waals surface area (Å²) >= 11 is 0. The molecule has 0 saturated carbocycles. The molecule has 0 unspecified atom stereocenters. The second-order valence-corrected chi connectivity index (χ2v) is 6.00. The van der Waals surface area contributed by atoms with Crippen molar-refractivity contribution < 1.29 is 14.3 Å². The molecule has 0 aliphatic carbocycles. The van der Waals surface area contributed by atoms with Crippen LogP contribution in [0.15, 0.2) is 36.7 Å². The number of nitrogens with one attached hydrogen (secondary N) is 1. The molecule has 1 aromatic heterocycles. The predicted octanol–water partition coefficient (Wildman–Crippen LogP) is 2.95. The Bertz CT molecular complexity index is 742. The number of pyridine rings is 1. The van der Waals surface area contributed by atoms with Crippen LogP contribution in [-0.2, 0) is 6.54 Å². The Morgan fingerprint density at radius 1 is 1.12 bits per heavy atom. The Morgan fingerprint density at radius 2 is 1.88 bits per heavy atom. The van der Waals surface area contributed by atoms with Gasteiger partial charge in [0.2, 0.25) is 0 Å². The van der Waals surface area contributed by atoms with E-state index < -0.39 is 0 Å². The largest absolute Gasteiger partial charge is 0.493 e. The molecule has 1 aliphatic rings. The quantitative estimate of drug-likeness (QED) is 0.875. The van der Waals surface area contributed by atoms with Gasteiger partial charge in [-0.3, -0.25) is 9.78 Å². The van der Waals surface area contributed by atoms with Gasteiger partial charge in [-0.25, -0.2) is 0 Å². The fourth-order valence-corrected chi connectivity index (χ4v) is 2.95. The first-order chi connectivity index (χ1) is 12.2. The third kappa shape index (κ3) is 4.02. The summed E-state index contributed by atoms with van der Waals surface area (Å²) in [5.74, 6) is 1.45. The fraction of sp³-hybridized carbons (Fsp3) is 0.368. The van der Waals surface area contributed by atoms with Crippen LogP contribution in [0.1, 0.15) is 28.8 Å². The lowest BCUT2D eigenvalue weighted by Gasteiger charge is -2.15. The number of hydrogen-bond acceptors (Lipinski definition) is 5. The molecule has 6 heteroatoms. The van der Waals surface area contributed by atoms with Crippen molar-refractivity contribution in [2.45, 2.75) is 19.4 Å². The number of hydrogen-bond donors (Lipinski definition) is 1. The first-order valence-electron chi connectivity index (χ1n) is 8.40. The van der Waals surface area contributed by atoms with Gasteiger partial charge in [-0.15, -0.1) is 0 Å². The van der Waals surface area contributed by atoms with Gasteiger partial charge in [-0.05, 0) is 36.6 Å². The van der Waals surface area contributed by atoms with E-state index in [1.165, 1.54) is 0 Å². The zero-order valence-corrected chi connectivity index (χ0v) is 14.6. The summed E-state index contributed by atoms with van der Waals surface area (Å²) in [5, 5.41) is 3.31. The summed E-state index contributed by atoms with van der Waals surface area (Å²) in [6.07, 6.45) is 5.51. The number of aromatic nitrogens is 1. The number of likely N-dealkylation sites (tertiary alicyclic amines) is 1. The van der Waals surface area contributed by atoms with E-state index in [1.54, 1.807) is 26.6 Å². The molecular weight excluding hydrogens is 318 g/mol. The molecule has 1 fully saturated rings. The molecule has 132 valence electrons. The van der Waals surface area contributed by atoms with Gasteiger partial charge in [0.1, 0.15) is 0 Å². The zero-order chi connectivity index (χ0) is 17.6. The molecule has 0 bridgehead atoms. The highest BCUT2D eigenvalue weighted by molar-refractivity contribution is 5.94. The van der Waals surface area contributed by atoms with Crippen molar-refractivity contribution >= 4 is 11.6 Å². The third-order valence-corrected chi connectivity index (χ3v) is 4.32. The SMILES string of the molecule is COc1ccc(CNc2cncc(C(=O)N3CCCC3)c2)cc1OC. The van der Waals surface area contributed by atoms with E-state index >= 15 is 0 Å². The van der Waals surface area contributed by atoms with E-state index in [4.69, 9.17) is 9.47 Å². The van der Waals surface area contributed by atoms with Crippen molar-refractivity contribution in [3.63, 3.8) is 0 Å². The van der Waals surface area contributed by atoms with Crippen LogP contribution >= 0.6 is 0 Å². The van der Waals surface area contributed by atoms with Crippen LogP contribution < -0.4 is 14.8 Å². The van der Waals surface area contributed by atoms with Crippen molar-refractivity contribution in [1.29, 1.82) is 0 Å². The zero-order valence-electron chi connectivity index (χ0n) is 14.6. The highest BCUT2D eigenvalue weighted by Crippen LogP contribution is 2.27. The predicted molar refractivity (Wildman–Crippen MR) is 96.2 cm³/mol. The molecule has 1 aliphatic heterocycles. The van der Waals surface area contributed by atoms with Crippen LogP contribution in [0.3, 0.4) is 0 Å². The smallest absolute Gasteiger partial charge is 0.255 e. The van der Waals surface area contributed by atoms with Crippen LogP contribution in [0.5, 0.6) is 11.5 Å². The Balaban J connectivity index is 1.67. The number of amides is 1. The molecule has 1 saturated heterocycles. The van der Waals surface area contributed by atoms with Crippen molar-refractivity contribution in [2.24, 2.45) is 0 Å². The maximum Gasteiger partial charge on any atom is 0.255 e. The summed E-state index contributed by atoms with van der Waals surface area (Å²) in [6, 6.07) is 7.63. The molecule has 1 amide bonds. The number of methoxy groups -OCH3 is 2. The average molecular weight is 341 g/mol. The fourth-order valence-electron chi connectivity index (χ4n) is 2.95. The van der Waals surface area contributed by atoms with Crippen molar-refractivity contribution in [3.05, 3.63) is 47.8 Å². The highest BCUT2D eigenvalue weighted by atomic mass is 16.5. The average Bonchev–Trinajstić information content (AvgIpc) is 3.20. The van der Waals surface area contributed by atoms with E-state index in [0.717, 1.165) is 37.2 Å². The number of rotatable bonds is 6. The van der Waals surface area contributed by atoms with E-state index in [9.17, 15) is 4.79 Å². The van der Waals surface area contributed by atoms with E-state index in [-0.39, 0.29) is 5.91 Å². The Hall–Kier alpha value is -2.76. The summed E-state index contributed by atoms with van der Waals surface area (Å²) in [6.45, 7) is 2.27. The second-order valence-electron chi connectivity index (χ2n) is 6.00. The molecular formula is C19H23N3O3. The van der Waals surface area contributed by atoms with E-state index in [1.807, 2.05) is 29.2 Å². The van der Waals surface area contributed by atoms with Crippen molar-refractivity contribution in [1.82, 2.24) is 9.88 Å². The molecule has 25 heavy (non-hydrogen) atoms. The Morgan fingerprint density at radius 3 is 2.60 bits per heavy atom. The van der Waals surface area contributed by atoms with Gasteiger partial charge in [0.15, 0.2) is 11.5 Å².